The SMILES string of the molecule is CC(=O)N1c2ccc(S(=O)(=O)Nc3cc(-c4cccc(Cl)c4)[nH]n3)cc2CC1C. The van der Waals surface area contributed by atoms with Crippen molar-refractivity contribution in [3.05, 3.63) is 59.1 Å². The highest BCUT2D eigenvalue weighted by atomic mass is 35.5. The molecule has 0 spiro atoms. The molecule has 150 valence electrons. The molecule has 9 heteroatoms. The van der Waals surface area contributed by atoms with Crippen molar-refractivity contribution < 1.29 is 13.2 Å². The van der Waals surface area contributed by atoms with Gasteiger partial charge in [0.25, 0.3) is 10.0 Å². The lowest BCUT2D eigenvalue weighted by molar-refractivity contribution is -0.116. The van der Waals surface area contributed by atoms with Gasteiger partial charge in [-0.2, -0.15) is 5.10 Å². The van der Waals surface area contributed by atoms with Gasteiger partial charge in [-0.25, -0.2) is 8.42 Å². The summed E-state index contributed by atoms with van der Waals surface area (Å²) in [7, 11) is -3.83. The predicted molar refractivity (Wildman–Crippen MR) is 113 cm³/mol. The average molecular weight is 431 g/mol. The highest BCUT2D eigenvalue weighted by Crippen LogP contribution is 2.34. The molecule has 1 aromatic heterocycles. The molecule has 0 saturated carbocycles. The molecule has 1 aliphatic rings. The average Bonchev–Trinajstić information content (AvgIpc) is 3.23. The number of hydrogen-bond donors (Lipinski definition) is 2. The topological polar surface area (TPSA) is 95.2 Å². The Bertz CT molecular complexity index is 1210. The molecular weight excluding hydrogens is 412 g/mol. The fraction of sp³-hybridized carbons (Fsp3) is 0.200. The van der Waals surface area contributed by atoms with Crippen LogP contribution in [0.1, 0.15) is 19.4 Å². The Morgan fingerprint density at radius 3 is 2.76 bits per heavy atom. The van der Waals surface area contributed by atoms with Crippen LogP contribution in [0.3, 0.4) is 0 Å². The second-order valence-corrected chi connectivity index (χ2v) is 9.13. The van der Waals surface area contributed by atoms with E-state index < -0.39 is 10.0 Å². The van der Waals surface area contributed by atoms with E-state index in [0.717, 1.165) is 16.8 Å². The Labute approximate surface area is 173 Å². The van der Waals surface area contributed by atoms with Gasteiger partial charge in [-0.3, -0.25) is 14.6 Å². The first kappa shape index (κ1) is 19.5. The minimum absolute atomic E-state index is 0.00000774. The smallest absolute Gasteiger partial charge is 0.263 e. The first-order valence-corrected chi connectivity index (χ1v) is 10.9. The lowest BCUT2D eigenvalue weighted by Gasteiger charge is -2.20. The number of carbonyl (C=O) groups excluding carboxylic acids is 1. The zero-order chi connectivity index (χ0) is 20.8. The molecule has 2 heterocycles. The highest BCUT2D eigenvalue weighted by molar-refractivity contribution is 7.92. The molecule has 1 amide bonds. The Balaban J connectivity index is 1.59. The predicted octanol–water partition coefficient (Wildman–Crippen LogP) is 3.83. The third-order valence-electron chi connectivity index (χ3n) is 4.87. The Kier molecular flexibility index (Phi) is 4.84. The monoisotopic (exact) mass is 430 g/mol. The number of nitrogens with zero attached hydrogens (tertiary/aromatic N) is 2. The fourth-order valence-corrected chi connectivity index (χ4v) is 4.86. The maximum atomic E-state index is 12.8. The van der Waals surface area contributed by atoms with Gasteiger partial charge in [0, 0.05) is 35.3 Å². The first-order chi connectivity index (χ1) is 13.7. The number of rotatable bonds is 4. The van der Waals surface area contributed by atoms with E-state index in [4.69, 9.17) is 11.6 Å². The van der Waals surface area contributed by atoms with Crippen LogP contribution in [-0.2, 0) is 21.2 Å². The number of amides is 1. The van der Waals surface area contributed by atoms with Crippen LogP contribution >= 0.6 is 11.6 Å². The molecule has 1 unspecified atom stereocenters. The number of halogens is 1. The number of nitrogens with one attached hydrogen (secondary N) is 2. The number of fused-ring (bicyclic) bond motifs is 1. The molecule has 0 aliphatic carbocycles. The summed E-state index contributed by atoms with van der Waals surface area (Å²) in [5.41, 5.74) is 3.03. The normalized spacial score (nSPS) is 16.0. The Morgan fingerprint density at radius 2 is 2.03 bits per heavy atom. The van der Waals surface area contributed by atoms with Gasteiger partial charge in [0.15, 0.2) is 5.82 Å². The van der Waals surface area contributed by atoms with Crippen LogP contribution in [0.2, 0.25) is 5.02 Å². The van der Waals surface area contributed by atoms with Crippen LogP contribution in [0.4, 0.5) is 11.5 Å². The number of sulfonamides is 1. The molecule has 0 bridgehead atoms. The molecular formula is C20H19ClN4O3S. The second kappa shape index (κ2) is 7.20. The van der Waals surface area contributed by atoms with Crippen LogP contribution in [0.5, 0.6) is 0 Å². The lowest BCUT2D eigenvalue weighted by atomic mass is 10.1. The van der Waals surface area contributed by atoms with Crippen molar-refractivity contribution in [3.63, 3.8) is 0 Å². The largest absolute Gasteiger partial charge is 0.309 e. The number of aromatic amines is 1. The van der Waals surface area contributed by atoms with Crippen LogP contribution < -0.4 is 9.62 Å². The number of hydrogen-bond acceptors (Lipinski definition) is 4. The van der Waals surface area contributed by atoms with Crippen molar-refractivity contribution in [2.24, 2.45) is 0 Å². The van der Waals surface area contributed by atoms with Crippen molar-refractivity contribution in [2.75, 3.05) is 9.62 Å². The van der Waals surface area contributed by atoms with Crippen molar-refractivity contribution in [2.45, 2.75) is 31.2 Å². The summed E-state index contributed by atoms with van der Waals surface area (Å²) in [6, 6.07) is 13.6. The van der Waals surface area contributed by atoms with E-state index in [1.165, 1.54) is 13.0 Å². The minimum Gasteiger partial charge on any atom is -0.309 e. The molecule has 0 fully saturated rings. The summed E-state index contributed by atoms with van der Waals surface area (Å²) in [6.45, 7) is 3.45. The number of benzene rings is 2. The summed E-state index contributed by atoms with van der Waals surface area (Å²) < 4.78 is 28.2. The van der Waals surface area contributed by atoms with Gasteiger partial charge in [0.1, 0.15) is 0 Å². The van der Waals surface area contributed by atoms with Crippen molar-refractivity contribution in [3.8, 4) is 11.3 Å². The molecule has 2 aromatic carbocycles. The van der Waals surface area contributed by atoms with Crippen LogP contribution in [0.25, 0.3) is 11.3 Å². The van der Waals surface area contributed by atoms with E-state index >= 15 is 0 Å². The molecule has 0 saturated heterocycles. The lowest BCUT2D eigenvalue weighted by Crippen LogP contribution is -2.33. The number of aromatic nitrogens is 2. The zero-order valence-corrected chi connectivity index (χ0v) is 17.4. The molecule has 1 aliphatic heterocycles. The first-order valence-electron chi connectivity index (χ1n) is 9.01. The van der Waals surface area contributed by atoms with E-state index in [1.54, 1.807) is 41.3 Å². The summed E-state index contributed by atoms with van der Waals surface area (Å²) in [5, 5.41) is 7.43. The standard InChI is InChI=1S/C20H19ClN4O3S/c1-12-8-15-10-17(6-7-19(15)25(12)13(2)26)29(27,28)24-20-11-18(22-23-20)14-4-3-5-16(21)9-14/h3-7,9-12H,8H2,1-2H3,(H2,22,23,24). The van der Waals surface area contributed by atoms with Gasteiger partial charge in [-0.1, -0.05) is 23.7 Å². The summed E-state index contributed by atoms with van der Waals surface area (Å²) in [5.74, 6) is 0.120. The quantitative estimate of drug-likeness (QED) is 0.657. The molecule has 29 heavy (non-hydrogen) atoms. The maximum Gasteiger partial charge on any atom is 0.263 e. The maximum absolute atomic E-state index is 12.8. The van der Waals surface area contributed by atoms with E-state index in [1.807, 2.05) is 13.0 Å². The van der Waals surface area contributed by atoms with Crippen LogP contribution in [0.15, 0.2) is 53.4 Å². The fourth-order valence-electron chi connectivity index (χ4n) is 3.63. The van der Waals surface area contributed by atoms with Crippen molar-refractivity contribution >= 4 is 39.0 Å². The van der Waals surface area contributed by atoms with E-state index in [2.05, 4.69) is 14.9 Å². The van der Waals surface area contributed by atoms with Gasteiger partial charge in [0.05, 0.1) is 10.6 Å². The molecule has 4 rings (SSSR count). The van der Waals surface area contributed by atoms with Crippen molar-refractivity contribution in [1.82, 2.24) is 10.2 Å². The molecule has 2 N–H and O–H groups in total. The number of carbonyl (C=O) groups is 1. The number of H-pyrrole nitrogens is 1. The summed E-state index contributed by atoms with van der Waals surface area (Å²) >= 11 is 6.00. The van der Waals surface area contributed by atoms with Crippen LogP contribution in [0, 0.1) is 0 Å². The van der Waals surface area contributed by atoms with Gasteiger partial charge in [-0.05, 0) is 49.2 Å². The van der Waals surface area contributed by atoms with E-state index in [0.29, 0.717) is 17.1 Å². The third-order valence-corrected chi connectivity index (χ3v) is 6.46. The van der Waals surface area contributed by atoms with Gasteiger partial charge in [-0.15, -0.1) is 0 Å². The van der Waals surface area contributed by atoms with E-state index in [-0.39, 0.29) is 22.7 Å². The molecule has 1 atom stereocenters. The Hall–Kier alpha value is -2.84. The zero-order valence-electron chi connectivity index (χ0n) is 15.8. The summed E-state index contributed by atoms with van der Waals surface area (Å²) in [4.78, 5) is 13.7. The van der Waals surface area contributed by atoms with Gasteiger partial charge in [0.2, 0.25) is 5.91 Å². The third kappa shape index (κ3) is 3.73. The van der Waals surface area contributed by atoms with E-state index in [9.17, 15) is 13.2 Å². The molecule has 7 nitrogen and oxygen atoms in total. The minimum atomic E-state index is -3.83. The van der Waals surface area contributed by atoms with Gasteiger partial charge < -0.3 is 4.90 Å². The summed E-state index contributed by atoms with van der Waals surface area (Å²) in [6.07, 6.45) is 0.611. The van der Waals surface area contributed by atoms with Crippen molar-refractivity contribution in [1.29, 1.82) is 0 Å². The Morgan fingerprint density at radius 1 is 1.24 bits per heavy atom. The highest BCUT2D eigenvalue weighted by Gasteiger charge is 2.30. The van der Waals surface area contributed by atoms with Crippen LogP contribution in [-0.4, -0.2) is 30.6 Å². The van der Waals surface area contributed by atoms with Gasteiger partial charge >= 0.3 is 0 Å². The second-order valence-electron chi connectivity index (χ2n) is 7.02. The molecule has 3 aromatic rings. The molecule has 0 radical (unpaired) electrons. The number of anilines is 2.